The molecular weight excluding hydrogens is 230 g/mol. The lowest BCUT2D eigenvalue weighted by Crippen LogP contribution is -2.52. The van der Waals surface area contributed by atoms with Crippen LogP contribution in [0.25, 0.3) is 0 Å². The van der Waals surface area contributed by atoms with Gasteiger partial charge in [0.1, 0.15) is 5.54 Å². The van der Waals surface area contributed by atoms with Crippen molar-refractivity contribution >= 4 is 5.97 Å². The van der Waals surface area contributed by atoms with Gasteiger partial charge < -0.3 is 15.2 Å². The molecule has 0 aromatic heterocycles. The maximum absolute atomic E-state index is 11.8. The summed E-state index contributed by atoms with van der Waals surface area (Å²) in [7, 11) is 1.41. The van der Waals surface area contributed by atoms with Gasteiger partial charge in [0, 0.05) is 6.61 Å². The highest BCUT2D eigenvalue weighted by molar-refractivity contribution is 5.81. The number of carbonyl (C=O) groups excluding carboxylic acids is 1. The van der Waals surface area contributed by atoms with Crippen LogP contribution in [-0.2, 0) is 14.3 Å². The summed E-state index contributed by atoms with van der Waals surface area (Å²) in [5.41, 5.74) is 5.41. The number of nitrogens with two attached hydrogens (primary N) is 1. The molecule has 3 unspecified atom stereocenters. The molecule has 4 nitrogen and oxygen atoms in total. The topological polar surface area (TPSA) is 61.5 Å². The average Bonchev–Trinajstić information content (AvgIpc) is 2.71. The number of methoxy groups -OCH3 is 1. The fourth-order valence-corrected chi connectivity index (χ4v) is 2.55. The molecule has 2 N–H and O–H groups in total. The second-order valence-electron chi connectivity index (χ2n) is 5.73. The Kier molecular flexibility index (Phi) is 5.60. The van der Waals surface area contributed by atoms with Crippen molar-refractivity contribution in [2.24, 2.45) is 17.6 Å². The number of hydrogen-bond donors (Lipinski definition) is 1. The summed E-state index contributed by atoms with van der Waals surface area (Å²) < 4.78 is 10.6. The van der Waals surface area contributed by atoms with Crippen molar-refractivity contribution in [3.8, 4) is 0 Å². The molecule has 1 rings (SSSR count). The molecule has 106 valence electrons. The quantitative estimate of drug-likeness (QED) is 0.740. The zero-order valence-electron chi connectivity index (χ0n) is 12.1. The van der Waals surface area contributed by atoms with E-state index in [-0.39, 0.29) is 18.0 Å². The van der Waals surface area contributed by atoms with E-state index in [1.165, 1.54) is 7.11 Å². The van der Waals surface area contributed by atoms with Crippen LogP contribution in [0.5, 0.6) is 0 Å². The van der Waals surface area contributed by atoms with E-state index in [1.54, 1.807) is 0 Å². The van der Waals surface area contributed by atoms with Gasteiger partial charge >= 0.3 is 5.97 Å². The first kappa shape index (κ1) is 15.4. The van der Waals surface area contributed by atoms with E-state index >= 15 is 0 Å². The number of hydrogen-bond acceptors (Lipinski definition) is 4. The summed E-state index contributed by atoms with van der Waals surface area (Å²) in [5.74, 6) is 0.419. The number of carbonyl (C=O) groups is 1. The summed E-state index contributed by atoms with van der Waals surface area (Å²) in [6.45, 7) is 7.03. The molecule has 0 heterocycles. The van der Waals surface area contributed by atoms with E-state index in [0.717, 1.165) is 25.7 Å². The first-order valence-electron chi connectivity index (χ1n) is 6.90. The Morgan fingerprint density at radius 2 is 2.11 bits per heavy atom. The summed E-state index contributed by atoms with van der Waals surface area (Å²) in [5, 5.41) is 0. The molecule has 3 atom stereocenters. The molecular formula is C14H27NO3. The molecule has 0 aliphatic heterocycles. The minimum absolute atomic E-state index is 0.185. The van der Waals surface area contributed by atoms with Crippen LogP contribution < -0.4 is 5.73 Å². The number of ether oxygens (including phenoxy) is 2. The van der Waals surface area contributed by atoms with E-state index in [9.17, 15) is 4.79 Å². The molecule has 1 aliphatic carbocycles. The van der Waals surface area contributed by atoms with Crippen LogP contribution in [0, 0.1) is 11.8 Å². The molecule has 4 heteroatoms. The lowest BCUT2D eigenvalue weighted by molar-refractivity contribution is -0.148. The highest BCUT2D eigenvalue weighted by Crippen LogP contribution is 2.37. The van der Waals surface area contributed by atoms with E-state index < -0.39 is 5.54 Å². The van der Waals surface area contributed by atoms with Gasteiger partial charge in [-0.2, -0.15) is 0 Å². The summed E-state index contributed by atoms with van der Waals surface area (Å²) in [6, 6.07) is 0. The van der Waals surface area contributed by atoms with Crippen molar-refractivity contribution in [3.05, 3.63) is 0 Å². The number of esters is 1. The molecule has 1 saturated carbocycles. The third kappa shape index (κ3) is 3.45. The molecule has 0 spiro atoms. The van der Waals surface area contributed by atoms with Crippen LogP contribution in [0.4, 0.5) is 0 Å². The van der Waals surface area contributed by atoms with E-state index in [0.29, 0.717) is 12.5 Å². The third-order valence-electron chi connectivity index (χ3n) is 4.22. The fraction of sp³-hybridized carbons (Fsp3) is 0.929. The van der Waals surface area contributed by atoms with Crippen molar-refractivity contribution in [3.63, 3.8) is 0 Å². The Balaban J connectivity index is 2.44. The molecule has 0 amide bonds. The largest absolute Gasteiger partial charge is 0.468 e. The molecule has 1 aliphatic rings. The van der Waals surface area contributed by atoms with Crippen molar-refractivity contribution in [2.45, 2.75) is 58.1 Å². The van der Waals surface area contributed by atoms with E-state index in [4.69, 9.17) is 15.2 Å². The molecule has 0 saturated heterocycles. The monoisotopic (exact) mass is 257 g/mol. The van der Waals surface area contributed by atoms with Crippen LogP contribution in [0.2, 0.25) is 0 Å². The Morgan fingerprint density at radius 1 is 1.44 bits per heavy atom. The van der Waals surface area contributed by atoms with Gasteiger partial charge in [-0.25, -0.2) is 0 Å². The first-order valence-corrected chi connectivity index (χ1v) is 6.90. The number of rotatable bonds is 6. The maximum atomic E-state index is 11.8. The standard InChI is InChI=1S/C14H27NO3/c1-10(2)11(3)18-9-7-12-6-5-8-14(12,15)13(16)17-4/h10-12H,5-9,15H2,1-4H3. The molecule has 0 aromatic carbocycles. The molecule has 0 radical (unpaired) electrons. The molecule has 18 heavy (non-hydrogen) atoms. The van der Waals surface area contributed by atoms with Gasteiger partial charge in [0.05, 0.1) is 13.2 Å². The third-order valence-corrected chi connectivity index (χ3v) is 4.22. The summed E-state index contributed by atoms with van der Waals surface area (Å²) in [6.07, 6.45) is 3.80. The van der Waals surface area contributed by atoms with Crippen LogP contribution in [0.1, 0.15) is 46.5 Å². The lowest BCUT2D eigenvalue weighted by atomic mass is 9.86. The van der Waals surface area contributed by atoms with Gasteiger partial charge in [0.2, 0.25) is 0 Å². The predicted molar refractivity (Wildman–Crippen MR) is 71.1 cm³/mol. The van der Waals surface area contributed by atoms with Gasteiger partial charge in [-0.1, -0.05) is 20.3 Å². The molecule has 1 fully saturated rings. The van der Waals surface area contributed by atoms with Crippen LogP contribution in [-0.4, -0.2) is 31.3 Å². The minimum atomic E-state index is -0.792. The van der Waals surface area contributed by atoms with Gasteiger partial charge in [0.15, 0.2) is 0 Å². The first-order chi connectivity index (χ1) is 8.41. The molecule has 0 aromatic rings. The van der Waals surface area contributed by atoms with Crippen molar-refractivity contribution in [2.75, 3.05) is 13.7 Å². The lowest BCUT2D eigenvalue weighted by Gasteiger charge is -2.29. The van der Waals surface area contributed by atoms with Crippen molar-refractivity contribution in [1.29, 1.82) is 0 Å². The smallest absolute Gasteiger partial charge is 0.326 e. The van der Waals surface area contributed by atoms with Gasteiger partial charge in [-0.05, 0) is 38.0 Å². The summed E-state index contributed by atoms with van der Waals surface area (Å²) >= 11 is 0. The van der Waals surface area contributed by atoms with Crippen molar-refractivity contribution in [1.82, 2.24) is 0 Å². The molecule has 0 bridgehead atoms. The Bertz CT molecular complexity index is 280. The van der Waals surface area contributed by atoms with Gasteiger partial charge in [0.25, 0.3) is 0 Å². The second kappa shape index (κ2) is 6.53. The SMILES string of the molecule is COC(=O)C1(N)CCCC1CCOC(C)C(C)C. The van der Waals surface area contributed by atoms with E-state index in [2.05, 4.69) is 20.8 Å². The summed E-state index contributed by atoms with van der Waals surface area (Å²) in [4.78, 5) is 11.8. The average molecular weight is 257 g/mol. The highest BCUT2D eigenvalue weighted by atomic mass is 16.5. The fourth-order valence-electron chi connectivity index (χ4n) is 2.55. The van der Waals surface area contributed by atoms with Gasteiger partial charge in [-0.15, -0.1) is 0 Å². The minimum Gasteiger partial charge on any atom is -0.468 e. The van der Waals surface area contributed by atoms with Crippen LogP contribution in [0.3, 0.4) is 0 Å². The Labute approximate surface area is 110 Å². The zero-order chi connectivity index (χ0) is 13.8. The zero-order valence-corrected chi connectivity index (χ0v) is 12.1. The Hall–Kier alpha value is -0.610. The highest BCUT2D eigenvalue weighted by Gasteiger charge is 2.46. The second-order valence-corrected chi connectivity index (χ2v) is 5.73. The van der Waals surface area contributed by atoms with Gasteiger partial charge in [-0.3, -0.25) is 4.79 Å². The van der Waals surface area contributed by atoms with Crippen LogP contribution in [0.15, 0.2) is 0 Å². The van der Waals surface area contributed by atoms with Crippen molar-refractivity contribution < 1.29 is 14.3 Å². The predicted octanol–water partition coefficient (Wildman–Crippen LogP) is 2.11. The van der Waals surface area contributed by atoms with Crippen LogP contribution >= 0.6 is 0 Å². The Morgan fingerprint density at radius 3 is 2.67 bits per heavy atom. The van der Waals surface area contributed by atoms with E-state index in [1.807, 2.05) is 0 Å². The normalized spacial score (nSPS) is 29.6. The maximum Gasteiger partial charge on any atom is 0.326 e.